The molecular weight excluding hydrogens is 774 g/mol. The summed E-state index contributed by atoms with van der Waals surface area (Å²) in [5, 5.41) is 14.7. The SMILES string of the molecule is Cc1ccc(-c2ccc3c4ccccc4n(-c4cc(-c5c(F)c(F)c(F)c(F)c5F)cc(-n5c6ccccc6c6ccc(-c7ccc(C)cc7C)cc65)c4C#N)c3c2)c(C)c1. The molecule has 0 fully saturated rings. The number of rotatable bonds is 5. The highest BCUT2D eigenvalue weighted by Crippen LogP contribution is 2.43. The molecule has 0 aliphatic heterocycles. The lowest BCUT2D eigenvalue weighted by Gasteiger charge is -2.19. The van der Waals surface area contributed by atoms with Crippen molar-refractivity contribution in [3.8, 4) is 50.8 Å². The molecule has 0 aliphatic carbocycles. The fraction of sp³-hybridized carbons (Fsp3) is 0.0755. The lowest BCUT2D eigenvalue weighted by atomic mass is 9.97. The number of para-hydroxylation sites is 2. The van der Waals surface area contributed by atoms with Crippen LogP contribution in [0.25, 0.3) is 88.4 Å². The van der Waals surface area contributed by atoms with Gasteiger partial charge in [0.15, 0.2) is 23.3 Å². The third kappa shape index (κ3) is 5.76. The summed E-state index contributed by atoms with van der Waals surface area (Å²) in [6.45, 7) is 8.12. The number of fused-ring (bicyclic) bond motifs is 6. The molecule has 8 heteroatoms. The van der Waals surface area contributed by atoms with E-state index in [-0.39, 0.29) is 22.5 Å². The summed E-state index contributed by atoms with van der Waals surface area (Å²) >= 11 is 0. The number of hydrogen-bond acceptors (Lipinski definition) is 1. The Hall–Kier alpha value is -7.50. The molecule has 61 heavy (non-hydrogen) atoms. The number of hydrogen-bond donors (Lipinski definition) is 0. The standard InChI is InChI=1S/C53H34F5N3/c1-28-13-17-35(30(3)21-28)32-15-19-39-37-9-5-7-11-42(37)60(44(39)23-32)46-25-34(48-49(54)51(56)53(58)52(57)50(48)55)26-47(41(46)27-59)61-43-12-8-6-10-38(43)40-20-16-33(24-45(40)61)36-18-14-29(2)22-31(36)4/h5-26H,1-4H3. The summed E-state index contributed by atoms with van der Waals surface area (Å²) in [5.41, 5.74) is 9.91. The molecule has 0 amide bonds. The van der Waals surface area contributed by atoms with Crippen LogP contribution >= 0.6 is 0 Å². The van der Waals surface area contributed by atoms with Crippen molar-refractivity contribution in [2.45, 2.75) is 27.7 Å². The number of benzene rings is 8. The van der Waals surface area contributed by atoms with E-state index >= 15 is 17.6 Å². The Morgan fingerprint density at radius 2 is 0.820 bits per heavy atom. The van der Waals surface area contributed by atoms with Crippen LogP contribution < -0.4 is 0 Å². The van der Waals surface area contributed by atoms with Crippen LogP contribution in [0.5, 0.6) is 0 Å². The lowest BCUT2D eigenvalue weighted by molar-refractivity contribution is 0.381. The van der Waals surface area contributed by atoms with E-state index < -0.39 is 34.6 Å². The number of halogens is 5. The van der Waals surface area contributed by atoms with Crippen molar-refractivity contribution in [3.63, 3.8) is 0 Å². The minimum atomic E-state index is -2.25. The summed E-state index contributed by atoms with van der Waals surface area (Å²) in [6.07, 6.45) is 0. The van der Waals surface area contributed by atoms with Crippen LogP contribution in [-0.2, 0) is 0 Å². The van der Waals surface area contributed by atoms with E-state index in [0.29, 0.717) is 22.1 Å². The molecule has 0 radical (unpaired) electrons. The van der Waals surface area contributed by atoms with Crippen molar-refractivity contribution in [2.75, 3.05) is 0 Å². The normalized spacial score (nSPS) is 11.7. The number of aryl methyl sites for hydroxylation is 4. The minimum absolute atomic E-state index is 0.117. The van der Waals surface area contributed by atoms with Gasteiger partial charge in [0.25, 0.3) is 0 Å². The predicted octanol–water partition coefficient (Wildman–Crippen LogP) is 14.7. The molecule has 0 spiro atoms. The molecular formula is C53H34F5N3. The average Bonchev–Trinajstić information content (AvgIpc) is 3.76. The second-order valence-corrected chi connectivity index (χ2v) is 15.8. The maximum atomic E-state index is 16.0. The maximum Gasteiger partial charge on any atom is 0.200 e. The van der Waals surface area contributed by atoms with E-state index in [2.05, 4.69) is 30.3 Å². The Bertz CT molecular complexity index is 3330. The first-order valence-electron chi connectivity index (χ1n) is 19.8. The summed E-state index contributed by atoms with van der Waals surface area (Å²) in [7, 11) is 0. The third-order valence-corrected chi connectivity index (χ3v) is 11.9. The highest BCUT2D eigenvalue weighted by atomic mass is 19.2. The van der Waals surface area contributed by atoms with Crippen molar-refractivity contribution < 1.29 is 22.0 Å². The molecule has 10 rings (SSSR count). The van der Waals surface area contributed by atoms with Crippen molar-refractivity contribution in [2.24, 2.45) is 0 Å². The lowest BCUT2D eigenvalue weighted by Crippen LogP contribution is -2.08. The van der Waals surface area contributed by atoms with Gasteiger partial charge in [-0.15, -0.1) is 0 Å². The zero-order valence-corrected chi connectivity index (χ0v) is 33.4. The van der Waals surface area contributed by atoms with Gasteiger partial charge in [0.1, 0.15) is 11.6 Å². The molecule has 0 unspecified atom stereocenters. The van der Waals surface area contributed by atoms with Crippen molar-refractivity contribution in [1.29, 1.82) is 5.26 Å². The molecule has 0 atom stereocenters. The molecule has 2 heterocycles. The van der Waals surface area contributed by atoms with Crippen LogP contribution in [0.4, 0.5) is 22.0 Å². The maximum absolute atomic E-state index is 16.0. The molecule has 10 aromatic rings. The Balaban J connectivity index is 1.37. The number of nitrogens with zero attached hydrogens (tertiary/aromatic N) is 3. The fourth-order valence-corrected chi connectivity index (χ4v) is 9.15. The van der Waals surface area contributed by atoms with Crippen molar-refractivity contribution in [3.05, 3.63) is 190 Å². The molecule has 0 saturated heterocycles. The first kappa shape index (κ1) is 37.7. The highest BCUT2D eigenvalue weighted by Gasteiger charge is 2.30. The number of nitriles is 1. The van der Waals surface area contributed by atoms with E-state index in [4.69, 9.17) is 0 Å². The van der Waals surface area contributed by atoms with Crippen molar-refractivity contribution in [1.82, 2.24) is 9.13 Å². The van der Waals surface area contributed by atoms with Crippen LogP contribution in [0.3, 0.4) is 0 Å². The van der Waals surface area contributed by atoms with Gasteiger partial charge >= 0.3 is 0 Å². The first-order chi connectivity index (χ1) is 29.4. The zero-order valence-electron chi connectivity index (χ0n) is 33.4. The average molecular weight is 808 g/mol. The van der Waals surface area contributed by atoms with Gasteiger partial charge in [0, 0.05) is 21.5 Å². The van der Waals surface area contributed by atoms with Gasteiger partial charge in [0.2, 0.25) is 5.82 Å². The third-order valence-electron chi connectivity index (χ3n) is 11.9. The van der Waals surface area contributed by atoms with Gasteiger partial charge in [0.05, 0.1) is 39.0 Å². The zero-order chi connectivity index (χ0) is 42.4. The van der Waals surface area contributed by atoms with Crippen LogP contribution in [-0.4, -0.2) is 9.13 Å². The topological polar surface area (TPSA) is 33.6 Å². The number of aromatic nitrogens is 2. The summed E-state index contributed by atoms with van der Waals surface area (Å²) in [6, 6.07) is 44.8. The Kier molecular flexibility index (Phi) is 8.70. The largest absolute Gasteiger partial charge is 0.308 e. The molecule has 296 valence electrons. The van der Waals surface area contributed by atoms with E-state index in [0.717, 1.165) is 66.1 Å². The van der Waals surface area contributed by atoms with Crippen LogP contribution in [0.15, 0.2) is 133 Å². The summed E-state index contributed by atoms with van der Waals surface area (Å²) in [5.74, 6) is -10.3. The van der Waals surface area contributed by atoms with Crippen LogP contribution in [0.2, 0.25) is 0 Å². The molecule has 8 aromatic carbocycles. The quantitative estimate of drug-likeness (QED) is 0.0969. The highest BCUT2D eigenvalue weighted by molar-refractivity contribution is 6.12. The molecule has 3 nitrogen and oxygen atoms in total. The first-order valence-corrected chi connectivity index (χ1v) is 19.8. The Morgan fingerprint density at radius 3 is 1.25 bits per heavy atom. The fourth-order valence-electron chi connectivity index (χ4n) is 9.15. The van der Waals surface area contributed by atoms with Gasteiger partial charge in [-0.2, -0.15) is 5.26 Å². The second kappa shape index (κ2) is 14.1. The van der Waals surface area contributed by atoms with Crippen LogP contribution in [0.1, 0.15) is 27.8 Å². The Morgan fingerprint density at radius 1 is 0.410 bits per heavy atom. The van der Waals surface area contributed by atoms with Gasteiger partial charge < -0.3 is 9.13 Å². The molecule has 0 bridgehead atoms. The van der Waals surface area contributed by atoms with Gasteiger partial charge in [-0.05, 0) is 103 Å². The summed E-state index contributed by atoms with van der Waals surface area (Å²) < 4.78 is 80.6. The predicted molar refractivity (Wildman–Crippen MR) is 235 cm³/mol. The van der Waals surface area contributed by atoms with Gasteiger partial charge in [-0.1, -0.05) is 108 Å². The molecule has 0 saturated carbocycles. The van der Waals surface area contributed by atoms with E-state index in [1.54, 1.807) is 0 Å². The minimum Gasteiger partial charge on any atom is -0.308 e. The monoisotopic (exact) mass is 807 g/mol. The smallest absolute Gasteiger partial charge is 0.200 e. The Labute approximate surface area is 347 Å². The summed E-state index contributed by atoms with van der Waals surface area (Å²) in [4.78, 5) is 0. The molecule has 2 aromatic heterocycles. The van der Waals surface area contributed by atoms with Crippen molar-refractivity contribution >= 4 is 43.6 Å². The van der Waals surface area contributed by atoms with Gasteiger partial charge in [-0.25, -0.2) is 22.0 Å². The molecule has 0 aliphatic rings. The van der Waals surface area contributed by atoms with E-state index in [1.165, 1.54) is 12.1 Å². The molecule has 0 N–H and O–H groups in total. The van der Waals surface area contributed by atoms with E-state index in [9.17, 15) is 9.65 Å². The van der Waals surface area contributed by atoms with Gasteiger partial charge in [-0.3, -0.25) is 0 Å². The van der Waals surface area contributed by atoms with Crippen LogP contribution in [0, 0.1) is 68.1 Å². The van der Waals surface area contributed by atoms with E-state index in [1.807, 2.05) is 134 Å². The second-order valence-electron chi connectivity index (χ2n) is 15.8.